The van der Waals surface area contributed by atoms with Crippen molar-refractivity contribution >= 4 is 36.2 Å². The zero-order valence-corrected chi connectivity index (χ0v) is 16.3. The van der Waals surface area contributed by atoms with Crippen LogP contribution in [-0.4, -0.2) is 18.3 Å². The van der Waals surface area contributed by atoms with E-state index in [0.717, 1.165) is 16.8 Å². The molecule has 0 heterocycles. The smallest absolute Gasteiger partial charge is 0.271 e. The van der Waals surface area contributed by atoms with E-state index in [1.807, 2.05) is 78.9 Å². The Hall–Kier alpha value is -4.25. The maximum absolute atomic E-state index is 12.1. The Morgan fingerprint density at radius 1 is 0.667 bits per heavy atom. The van der Waals surface area contributed by atoms with Crippen molar-refractivity contribution in [2.75, 3.05) is 5.43 Å². The molecule has 3 rings (SSSR count). The van der Waals surface area contributed by atoms with E-state index in [0.29, 0.717) is 5.56 Å². The molecular weight excluding hydrogens is 372 g/mol. The van der Waals surface area contributed by atoms with Gasteiger partial charge in [-0.25, -0.2) is 5.43 Å². The van der Waals surface area contributed by atoms with E-state index in [-0.39, 0.29) is 5.91 Å². The van der Waals surface area contributed by atoms with Gasteiger partial charge < -0.3 is 0 Å². The molecule has 5 nitrogen and oxygen atoms in total. The van der Waals surface area contributed by atoms with E-state index < -0.39 is 0 Å². The first-order valence-electron chi connectivity index (χ1n) is 9.47. The monoisotopic (exact) mass is 394 g/mol. The van der Waals surface area contributed by atoms with Crippen molar-refractivity contribution in [1.29, 1.82) is 0 Å². The minimum Gasteiger partial charge on any atom is -0.279 e. The standard InChI is InChI=1S/C25H22N4O/c30-25(29-27-20-8-14-22-11-5-2-6-12-22)23-15-17-24(18-16-23)28-26-19-7-13-21-9-3-1-4-10-21/h1-20,28H,(H,29,30). The number of allylic oxidation sites excluding steroid dienone is 2. The number of anilines is 1. The molecule has 0 fully saturated rings. The highest BCUT2D eigenvalue weighted by atomic mass is 16.2. The summed E-state index contributed by atoms with van der Waals surface area (Å²) >= 11 is 0. The highest BCUT2D eigenvalue weighted by Gasteiger charge is 2.03. The van der Waals surface area contributed by atoms with Gasteiger partial charge in [-0.05, 0) is 47.5 Å². The maximum Gasteiger partial charge on any atom is 0.271 e. The molecule has 0 aliphatic heterocycles. The van der Waals surface area contributed by atoms with E-state index in [4.69, 9.17) is 0 Å². The molecule has 0 unspecified atom stereocenters. The number of hydrogen-bond acceptors (Lipinski definition) is 4. The van der Waals surface area contributed by atoms with Crippen LogP contribution in [0.1, 0.15) is 21.5 Å². The Morgan fingerprint density at radius 2 is 1.20 bits per heavy atom. The molecule has 0 saturated carbocycles. The van der Waals surface area contributed by atoms with Crippen LogP contribution in [0.25, 0.3) is 12.2 Å². The minimum absolute atomic E-state index is 0.278. The van der Waals surface area contributed by atoms with Crippen molar-refractivity contribution in [2.24, 2.45) is 10.2 Å². The van der Waals surface area contributed by atoms with Crippen LogP contribution in [0, 0.1) is 0 Å². The predicted molar refractivity (Wildman–Crippen MR) is 125 cm³/mol. The molecule has 5 heteroatoms. The van der Waals surface area contributed by atoms with Gasteiger partial charge in [0.2, 0.25) is 0 Å². The van der Waals surface area contributed by atoms with Crippen LogP contribution in [0.5, 0.6) is 0 Å². The number of carbonyl (C=O) groups is 1. The van der Waals surface area contributed by atoms with Gasteiger partial charge in [-0.2, -0.15) is 10.2 Å². The largest absolute Gasteiger partial charge is 0.279 e. The molecule has 0 spiro atoms. The van der Waals surface area contributed by atoms with Gasteiger partial charge in [0, 0.05) is 18.0 Å². The van der Waals surface area contributed by atoms with Gasteiger partial charge in [-0.3, -0.25) is 10.2 Å². The second-order valence-electron chi connectivity index (χ2n) is 6.23. The van der Waals surface area contributed by atoms with Crippen LogP contribution in [0.2, 0.25) is 0 Å². The fourth-order valence-corrected chi connectivity index (χ4v) is 2.49. The molecule has 0 atom stereocenters. The Kier molecular flexibility index (Phi) is 7.89. The van der Waals surface area contributed by atoms with Gasteiger partial charge in [-0.1, -0.05) is 72.8 Å². The summed E-state index contributed by atoms with van der Waals surface area (Å²) in [6, 6.07) is 26.8. The molecule has 1 amide bonds. The van der Waals surface area contributed by atoms with Crippen LogP contribution >= 0.6 is 0 Å². The third kappa shape index (κ3) is 7.05. The highest BCUT2D eigenvalue weighted by molar-refractivity contribution is 5.95. The van der Waals surface area contributed by atoms with Crippen LogP contribution in [0.3, 0.4) is 0 Å². The van der Waals surface area contributed by atoms with Gasteiger partial charge in [0.05, 0.1) is 5.69 Å². The molecule has 0 bridgehead atoms. The van der Waals surface area contributed by atoms with Crippen molar-refractivity contribution in [3.63, 3.8) is 0 Å². The molecule has 2 N–H and O–H groups in total. The molecule has 0 aliphatic carbocycles. The van der Waals surface area contributed by atoms with Gasteiger partial charge >= 0.3 is 0 Å². The highest BCUT2D eigenvalue weighted by Crippen LogP contribution is 2.09. The molecule has 0 radical (unpaired) electrons. The quantitative estimate of drug-likeness (QED) is 0.406. The molecular formula is C25H22N4O. The maximum atomic E-state index is 12.1. The molecule has 0 aromatic heterocycles. The summed E-state index contributed by atoms with van der Waals surface area (Å²) in [6.45, 7) is 0. The van der Waals surface area contributed by atoms with Crippen molar-refractivity contribution in [2.45, 2.75) is 0 Å². The van der Waals surface area contributed by atoms with E-state index >= 15 is 0 Å². The molecule has 0 aliphatic rings. The molecule has 3 aromatic carbocycles. The number of benzene rings is 3. The molecule has 30 heavy (non-hydrogen) atoms. The Morgan fingerprint density at radius 3 is 1.77 bits per heavy atom. The van der Waals surface area contributed by atoms with Gasteiger partial charge in [0.25, 0.3) is 5.91 Å². The van der Waals surface area contributed by atoms with E-state index in [2.05, 4.69) is 21.1 Å². The first kappa shape index (κ1) is 20.5. The van der Waals surface area contributed by atoms with Gasteiger partial charge in [-0.15, -0.1) is 0 Å². The summed E-state index contributed by atoms with van der Waals surface area (Å²) in [5.41, 5.74) is 8.89. The Labute approximate surface area is 176 Å². The first-order chi connectivity index (χ1) is 14.8. The van der Waals surface area contributed by atoms with Crippen LogP contribution < -0.4 is 10.9 Å². The number of hydrogen-bond donors (Lipinski definition) is 2. The summed E-state index contributed by atoms with van der Waals surface area (Å²) in [6.07, 6.45) is 10.7. The van der Waals surface area contributed by atoms with E-state index in [1.165, 1.54) is 0 Å². The van der Waals surface area contributed by atoms with E-state index in [1.54, 1.807) is 42.8 Å². The van der Waals surface area contributed by atoms with Crippen molar-refractivity contribution in [1.82, 2.24) is 5.43 Å². The lowest BCUT2D eigenvalue weighted by Gasteiger charge is -2.02. The van der Waals surface area contributed by atoms with Crippen molar-refractivity contribution in [3.8, 4) is 0 Å². The zero-order chi connectivity index (χ0) is 20.9. The number of amides is 1. The van der Waals surface area contributed by atoms with Gasteiger partial charge in [0.1, 0.15) is 0 Å². The SMILES string of the molecule is O=C(NN=CC=Cc1ccccc1)c1ccc(NN=CC=Cc2ccccc2)cc1. The number of rotatable bonds is 8. The Balaban J connectivity index is 1.43. The average molecular weight is 394 g/mol. The predicted octanol–water partition coefficient (Wildman–Crippen LogP) is 5.23. The normalized spacial score (nSPS) is 11.6. The summed E-state index contributed by atoms with van der Waals surface area (Å²) < 4.78 is 0. The van der Waals surface area contributed by atoms with Crippen LogP contribution in [0.4, 0.5) is 5.69 Å². The number of nitrogens with one attached hydrogen (secondary N) is 2. The number of hydrazone groups is 2. The third-order valence-corrected chi connectivity index (χ3v) is 4.00. The second kappa shape index (κ2) is 11.6. The lowest BCUT2D eigenvalue weighted by Crippen LogP contribution is -2.17. The second-order valence-corrected chi connectivity index (χ2v) is 6.23. The fourth-order valence-electron chi connectivity index (χ4n) is 2.49. The fraction of sp³-hybridized carbons (Fsp3) is 0. The van der Waals surface area contributed by atoms with E-state index in [9.17, 15) is 4.79 Å². The summed E-state index contributed by atoms with van der Waals surface area (Å²) in [5.74, 6) is -0.278. The van der Waals surface area contributed by atoms with Crippen LogP contribution in [-0.2, 0) is 0 Å². The third-order valence-electron chi connectivity index (χ3n) is 4.00. The summed E-state index contributed by atoms with van der Waals surface area (Å²) in [5, 5.41) is 8.05. The molecule has 3 aromatic rings. The Bertz CT molecular complexity index is 1040. The number of carbonyl (C=O) groups excluding carboxylic acids is 1. The van der Waals surface area contributed by atoms with Crippen molar-refractivity contribution in [3.05, 3.63) is 114 Å². The van der Waals surface area contributed by atoms with Gasteiger partial charge in [0.15, 0.2) is 0 Å². The molecule has 0 saturated heterocycles. The number of nitrogens with zero attached hydrogens (tertiary/aromatic N) is 2. The topological polar surface area (TPSA) is 65.8 Å². The lowest BCUT2D eigenvalue weighted by atomic mass is 10.2. The summed E-state index contributed by atoms with van der Waals surface area (Å²) in [7, 11) is 0. The van der Waals surface area contributed by atoms with Crippen molar-refractivity contribution < 1.29 is 4.79 Å². The average Bonchev–Trinajstić information content (AvgIpc) is 2.80. The minimum atomic E-state index is -0.278. The molecule has 148 valence electrons. The lowest BCUT2D eigenvalue weighted by molar-refractivity contribution is 0.0955. The zero-order valence-electron chi connectivity index (χ0n) is 16.3. The first-order valence-corrected chi connectivity index (χ1v) is 9.47. The summed E-state index contributed by atoms with van der Waals surface area (Å²) in [4.78, 5) is 12.1. The van der Waals surface area contributed by atoms with Crippen LogP contribution in [0.15, 0.2) is 107 Å².